The first-order valence-electron chi connectivity index (χ1n) is 5.03. The third-order valence-corrected chi connectivity index (χ3v) is 2.05. The quantitative estimate of drug-likeness (QED) is 0.678. The fourth-order valence-corrected chi connectivity index (χ4v) is 1.32. The minimum absolute atomic E-state index is 0. The van der Waals surface area contributed by atoms with Crippen LogP contribution >= 0.6 is 0 Å². The fourth-order valence-electron chi connectivity index (χ4n) is 1.32. The Morgan fingerprint density at radius 1 is 1.25 bits per heavy atom. The van der Waals surface area contributed by atoms with E-state index in [1.807, 2.05) is 48.5 Å². The Hall–Kier alpha value is -1.02. The molecular formula is C13H17FeNO-6. The maximum absolute atomic E-state index is 5.39. The Balaban J connectivity index is 0.000000318. The summed E-state index contributed by atoms with van der Waals surface area (Å²) in [6.07, 6.45) is 0.899. The maximum atomic E-state index is 5.39. The second kappa shape index (κ2) is 9.22. The molecule has 2 aromatic carbocycles. The molecule has 0 aliphatic carbocycles. The summed E-state index contributed by atoms with van der Waals surface area (Å²) >= 11 is 0. The summed E-state index contributed by atoms with van der Waals surface area (Å²) in [4.78, 5) is 0. The summed E-state index contributed by atoms with van der Waals surface area (Å²) in [6.45, 7) is 0.681. The third-order valence-electron chi connectivity index (χ3n) is 2.05. The van der Waals surface area contributed by atoms with Crippen molar-refractivity contribution in [2.45, 2.75) is 6.42 Å². The SMILES string of the molecule is CO[c-]1cccc1CCN.[Fe].[cH-]1[cH-][cH-][cH-][cH-]1. The number of nitrogens with two attached hydrogens (primary N) is 1. The summed E-state index contributed by atoms with van der Waals surface area (Å²) in [6, 6.07) is 16.0. The van der Waals surface area contributed by atoms with Gasteiger partial charge in [0, 0.05) is 22.8 Å². The molecule has 0 spiro atoms. The van der Waals surface area contributed by atoms with Gasteiger partial charge in [-0.25, -0.2) is 12.1 Å². The van der Waals surface area contributed by atoms with Crippen molar-refractivity contribution < 1.29 is 21.8 Å². The van der Waals surface area contributed by atoms with E-state index in [4.69, 9.17) is 10.5 Å². The molecule has 0 fully saturated rings. The molecule has 16 heavy (non-hydrogen) atoms. The zero-order chi connectivity index (χ0) is 10.9. The largest absolute Gasteiger partial charge is 0.748 e. The smallest absolute Gasteiger partial charge is 0.0607 e. The van der Waals surface area contributed by atoms with E-state index < -0.39 is 0 Å². The van der Waals surface area contributed by atoms with Crippen molar-refractivity contribution in [3.05, 3.63) is 54.1 Å². The van der Waals surface area contributed by atoms with E-state index >= 15 is 0 Å². The van der Waals surface area contributed by atoms with Gasteiger partial charge in [-0.05, 0) is 13.0 Å². The van der Waals surface area contributed by atoms with Crippen LogP contribution in [-0.2, 0) is 23.5 Å². The number of hydrogen-bond acceptors (Lipinski definition) is 2. The molecule has 0 atom stereocenters. The monoisotopic (exact) mass is 259 g/mol. The average Bonchev–Trinajstić information content (AvgIpc) is 2.92. The van der Waals surface area contributed by atoms with Gasteiger partial charge in [-0.15, -0.1) is 11.6 Å². The van der Waals surface area contributed by atoms with Crippen LogP contribution in [0.5, 0.6) is 5.75 Å². The van der Waals surface area contributed by atoms with Crippen LogP contribution in [0.2, 0.25) is 0 Å². The molecule has 2 N–H and O–H groups in total. The van der Waals surface area contributed by atoms with Gasteiger partial charge in [-0.2, -0.15) is 0 Å². The maximum Gasteiger partial charge on any atom is 0.0607 e. The molecule has 0 bridgehead atoms. The zero-order valence-electron chi connectivity index (χ0n) is 9.37. The van der Waals surface area contributed by atoms with Gasteiger partial charge in [0.1, 0.15) is 0 Å². The molecule has 2 nitrogen and oxygen atoms in total. The summed E-state index contributed by atoms with van der Waals surface area (Å²) in [5.41, 5.74) is 6.59. The molecule has 0 saturated carbocycles. The van der Waals surface area contributed by atoms with Crippen LogP contribution in [0.4, 0.5) is 0 Å². The molecule has 0 aromatic heterocycles. The fraction of sp³-hybridized carbons (Fsp3) is 0.231. The van der Waals surface area contributed by atoms with Crippen LogP contribution < -0.4 is 10.5 Å². The van der Waals surface area contributed by atoms with Gasteiger partial charge in [0.2, 0.25) is 0 Å². The van der Waals surface area contributed by atoms with E-state index in [1.165, 1.54) is 5.56 Å². The van der Waals surface area contributed by atoms with E-state index in [2.05, 4.69) is 0 Å². The van der Waals surface area contributed by atoms with E-state index in [9.17, 15) is 0 Å². The normalized spacial score (nSPS) is 8.62. The summed E-state index contributed by atoms with van der Waals surface area (Å²) in [7, 11) is 1.68. The number of methoxy groups -OCH3 is 1. The van der Waals surface area contributed by atoms with Gasteiger partial charge in [0.25, 0.3) is 0 Å². The number of hydrogen-bond donors (Lipinski definition) is 1. The molecule has 94 valence electrons. The number of ether oxygens (including phenoxy) is 1. The molecule has 0 unspecified atom stereocenters. The minimum atomic E-state index is 0. The Kier molecular flexibility index (Phi) is 8.63. The third kappa shape index (κ3) is 5.17. The molecule has 3 heteroatoms. The predicted molar refractivity (Wildman–Crippen MR) is 63.4 cm³/mol. The molecular weight excluding hydrogens is 242 g/mol. The number of rotatable bonds is 3. The summed E-state index contributed by atoms with van der Waals surface area (Å²) in [5, 5.41) is 0. The zero-order valence-corrected chi connectivity index (χ0v) is 10.5. The van der Waals surface area contributed by atoms with Gasteiger partial charge in [-0.1, -0.05) is 0 Å². The van der Waals surface area contributed by atoms with Crippen LogP contribution in [-0.4, -0.2) is 13.7 Å². The summed E-state index contributed by atoms with van der Waals surface area (Å²) in [5.74, 6) is 0.949. The predicted octanol–water partition coefficient (Wildman–Crippen LogP) is 2.32. The van der Waals surface area contributed by atoms with Gasteiger partial charge >= 0.3 is 0 Å². The van der Waals surface area contributed by atoms with Crippen molar-refractivity contribution in [3.8, 4) is 5.75 Å². The molecule has 0 heterocycles. The van der Waals surface area contributed by atoms with Crippen molar-refractivity contribution in [3.63, 3.8) is 0 Å². The molecule has 2 rings (SSSR count). The Labute approximate surface area is 108 Å². The molecule has 0 amide bonds. The average molecular weight is 259 g/mol. The van der Waals surface area contributed by atoms with Crippen molar-refractivity contribution in [1.29, 1.82) is 0 Å². The van der Waals surface area contributed by atoms with Crippen molar-refractivity contribution in [2.75, 3.05) is 13.7 Å². The Morgan fingerprint density at radius 2 is 1.81 bits per heavy atom. The molecule has 0 saturated heterocycles. The van der Waals surface area contributed by atoms with Crippen LogP contribution in [0.25, 0.3) is 0 Å². The van der Waals surface area contributed by atoms with E-state index in [-0.39, 0.29) is 17.1 Å². The first-order valence-corrected chi connectivity index (χ1v) is 5.03. The van der Waals surface area contributed by atoms with Gasteiger partial charge < -0.3 is 40.8 Å². The second-order valence-electron chi connectivity index (χ2n) is 3.12. The van der Waals surface area contributed by atoms with Crippen LogP contribution in [0.3, 0.4) is 0 Å². The first kappa shape index (κ1) is 15.0. The van der Waals surface area contributed by atoms with Gasteiger partial charge in [0.15, 0.2) is 0 Å². The minimum Gasteiger partial charge on any atom is -0.748 e. The summed E-state index contributed by atoms with van der Waals surface area (Å²) < 4.78 is 5.08. The topological polar surface area (TPSA) is 35.2 Å². The van der Waals surface area contributed by atoms with Crippen molar-refractivity contribution >= 4 is 0 Å². The molecule has 0 radical (unpaired) electrons. The van der Waals surface area contributed by atoms with Gasteiger partial charge in [0.05, 0.1) is 7.11 Å². The van der Waals surface area contributed by atoms with Crippen LogP contribution in [0.1, 0.15) is 5.56 Å². The van der Waals surface area contributed by atoms with Crippen LogP contribution in [0.15, 0.2) is 48.5 Å². The molecule has 0 aliphatic rings. The van der Waals surface area contributed by atoms with Crippen LogP contribution in [0, 0.1) is 0 Å². The van der Waals surface area contributed by atoms with Crippen molar-refractivity contribution in [1.82, 2.24) is 0 Å². The standard InChI is InChI=1S/C8H12NO.C5H5.Fe/c1-10-8-4-2-3-7(8)5-6-9;1-2-4-5-3-1;/h2-4H,5-6,9H2,1H3;1-5H;/q-1;-5;. The van der Waals surface area contributed by atoms with E-state index in [0.717, 1.165) is 12.2 Å². The van der Waals surface area contributed by atoms with Gasteiger partial charge in [-0.3, -0.25) is 0 Å². The van der Waals surface area contributed by atoms with Crippen molar-refractivity contribution in [2.24, 2.45) is 5.73 Å². The second-order valence-corrected chi connectivity index (χ2v) is 3.12. The van der Waals surface area contributed by atoms with E-state index in [0.29, 0.717) is 6.54 Å². The molecule has 2 aromatic rings. The molecule has 0 aliphatic heterocycles. The Bertz CT molecular complexity index is 323. The Morgan fingerprint density at radius 3 is 2.25 bits per heavy atom. The van der Waals surface area contributed by atoms with E-state index in [1.54, 1.807) is 7.11 Å². The first-order chi connectivity index (χ1) is 7.38.